The van der Waals surface area contributed by atoms with Crippen molar-refractivity contribution in [2.75, 3.05) is 13.2 Å². The number of hydrogen-bond donors (Lipinski definition) is 0. The predicted molar refractivity (Wildman–Crippen MR) is 39.4 cm³/mol. The minimum Gasteiger partial charge on any atom is -0.480 e. The van der Waals surface area contributed by atoms with Crippen LogP contribution in [-0.2, 0) is 4.74 Å². The Morgan fingerprint density at radius 1 is 1.70 bits per heavy atom. The van der Waals surface area contributed by atoms with E-state index in [0.29, 0.717) is 6.61 Å². The van der Waals surface area contributed by atoms with E-state index in [0.717, 1.165) is 12.3 Å². The van der Waals surface area contributed by atoms with Crippen LogP contribution in [0.5, 0.6) is 0 Å². The number of hydrogen-bond acceptors (Lipinski definition) is 3. The summed E-state index contributed by atoms with van der Waals surface area (Å²) in [6.07, 6.45) is 5.44. The zero-order valence-electron chi connectivity index (χ0n) is 5.53. The Hall–Kier alpha value is -1.12. The van der Waals surface area contributed by atoms with Crippen LogP contribution in [0.3, 0.4) is 0 Å². The topological polar surface area (TPSA) is 35.7 Å². The SMILES string of the molecule is C1=NCC2[N+]=CCOC2=C1. The summed E-state index contributed by atoms with van der Waals surface area (Å²) >= 11 is 0. The molecular weight excluding hydrogens is 128 g/mol. The van der Waals surface area contributed by atoms with E-state index in [1.165, 1.54) is 0 Å². The van der Waals surface area contributed by atoms with Gasteiger partial charge in [0.05, 0.1) is 0 Å². The lowest BCUT2D eigenvalue weighted by Crippen LogP contribution is -2.30. The second-order valence-corrected chi connectivity index (χ2v) is 2.24. The number of allylic oxidation sites excluding steroid dienone is 1. The molecular formula is C7H8N2O+. The van der Waals surface area contributed by atoms with Gasteiger partial charge in [0.2, 0.25) is 6.21 Å². The summed E-state index contributed by atoms with van der Waals surface area (Å²) in [4.78, 5) is 8.29. The lowest BCUT2D eigenvalue weighted by atomic mass is 10.2. The van der Waals surface area contributed by atoms with Gasteiger partial charge in [-0.05, 0) is 0 Å². The largest absolute Gasteiger partial charge is 0.480 e. The van der Waals surface area contributed by atoms with Gasteiger partial charge < -0.3 is 4.74 Å². The molecule has 0 fully saturated rings. The van der Waals surface area contributed by atoms with Crippen LogP contribution in [0.2, 0.25) is 0 Å². The normalized spacial score (nSPS) is 28.8. The number of dihydropyridines is 1. The highest BCUT2D eigenvalue weighted by atomic mass is 16.5. The summed E-state index contributed by atoms with van der Waals surface area (Å²) in [7, 11) is 0. The molecule has 0 aromatic heterocycles. The van der Waals surface area contributed by atoms with Crippen molar-refractivity contribution in [3.8, 4) is 0 Å². The molecule has 2 aliphatic rings. The first-order chi connectivity index (χ1) is 4.97. The van der Waals surface area contributed by atoms with E-state index in [1.807, 2.05) is 6.08 Å². The first-order valence-corrected chi connectivity index (χ1v) is 3.31. The second kappa shape index (κ2) is 2.25. The fourth-order valence-corrected chi connectivity index (χ4v) is 1.06. The van der Waals surface area contributed by atoms with E-state index in [-0.39, 0.29) is 6.04 Å². The predicted octanol–water partition coefficient (Wildman–Crippen LogP) is -0.240. The lowest BCUT2D eigenvalue weighted by Gasteiger charge is -2.11. The zero-order valence-corrected chi connectivity index (χ0v) is 5.53. The van der Waals surface area contributed by atoms with Crippen molar-refractivity contribution in [3.63, 3.8) is 0 Å². The van der Waals surface area contributed by atoms with Crippen LogP contribution in [0.1, 0.15) is 0 Å². The average molecular weight is 136 g/mol. The average Bonchev–Trinajstić information content (AvgIpc) is 2.05. The smallest absolute Gasteiger partial charge is 0.294 e. The highest BCUT2D eigenvalue weighted by Crippen LogP contribution is 2.09. The molecule has 0 aromatic rings. The first-order valence-electron chi connectivity index (χ1n) is 3.31. The van der Waals surface area contributed by atoms with Gasteiger partial charge in [0.15, 0.2) is 12.4 Å². The van der Waals surface area contributed by atoms with Crippen LogP contribution in [0.25, 0.3) is 0 Å². The molecule has 0 amide bonds. The molecule has 2 aliphatic heterocycles. The van der Waals surface area contributed by atoms with Crippen LogP contribution >= 0.6 is 0 Å². The quantitative estimate of drug-likeness (QED) is 0.452. The Kier molecular flexibility index (Phi) is 1.27. The van der Waals surface area contributed by atoms with Crippen molar-refractivity contribution in [2.45, 2.75) is 6.04 Å². The van der Waals surface area contributed by atoms with E-state index in [9.17, 15) is 0 Å². The van der Waals surface area contributed by atoms with E-state index in [4.69, 9.17) is 4.74 Å². The Bertz CT molecular complexity index is 218. The van der Waals surface area contributed by atoms with Crippen LogP contribution in [0, 0.1) is 0 Å². The van der Waals surface area contributed by atoms with Crippen molar-refractivity contribution < 1.29 is 4.74 Å². The molecule has 0 saturated heterocycles. The van der Waals surface area contributed by atoms with Crippen molar-refractivity contribution in [3.05, 3.63) is 11.8 Å². The molecule has 2 rings (SSSR count). The van der Waals surface area contributed by atoms with Crippen LogP contribution in [0.15, 0.2) is 16.8 Å². The van der Waals surface area contributed by atoms with Gasteiger partial charge >= 0.3 is 0 Å². The molecule has 1 atom stereocenters. The highest BCUT2D eigenvalue weighted by Gasteiger charge is 2.28. The fraction of sp³-hybridized carbons (Fsp3) is 0.429. The summed E-state index contributed by atoms with van der Waals surface area (Å²) in [5.41, 5.74) is 0. The van der Waals surface area contributed by atoms with Gasteiger partial charge in [0.1, 0.15) is 6.54 Å². The molecule has 0 spiro atoms. The minimum absolute atomic E-state index is 0.166. The lowest BCUT2D eigenvalue weighted by molar-refractivity contribution is 0.222. The molecule has 0 N–H and O–H groups in total. The standard InChI is InChI=1S/C7H8N2O/c1-2-8-5-6-7(1)10-4-3-9-6/h1-3,6H,4-5H2/q+1. The van der Waals surface area contributed by atoms with E-state index in [1.54, 1.807) is 12.4 Å². The summed E-state index contributed by atoms with van der Waals surface area (Å²) in [6.45, 7) is 1.35. The first kappa shape index (κ1) is 5.65. The third-order valence-electron chi connectivity index (χ3n) is 1.56. The van der Waals surface area contributed by atoms with Crippen molar-refractivity contribution in [1.82, 2.24) is 4.99 Å². The molecule has 2 heterocycles. The van der Waals surface area contributed by atoms with E-state index >= 15 is 0 Å². The summed E-state index contributed by atoms with van der Waals surface area (Å²) in [5, 5.41) is 0. The maximum Gasteiger partial charge on any atom is 0.294 e. The zero-order chi connectivity index (χ0) is 6.81. The van der Waals surface area contributed by atoms with Gasteiger partial charge in [-0.25, -0.2) is 0 Å². The molecule has 3 nitrogen and oxygen atoms in total. The summed E-state index contributed by atoms with van der Waals surface area (Å²) in [5.74, 6) is 0.956. The Morgan fingerprint density at radius 3 is 3.60 bits per heavy atom. The summed E-state index contributed by atoms with van der Waals surface area (Å²) < 4.78 is 5.30. The van der Waals surface area contributed by atoms with E-state index < -0.39 is 0 Å². The van der Waals surface area contributed by atoms with Gasteiger partial charge in [-0.1, -0.05) is 0 Å². The number of nitrogens with zero attached hydrogens (tertiary/aromatic N) is 2. The Labute approximate surface area is 59.1 Å². The van der Waals surface area contributed by atoms with Gasteiger partial charge in [0, 0.05) is 17.3 Å². The van der Waals surface area contributed by atoms with E-state index in [2.05, 4.69) is 9.98 Å². The van der Waals surface area contributed by atoms with Crippen molar-refractivity contribution >= 4 is 12.4 Å². The monoisotopic (exact) mass is 136 g/mol. The molecule has 1 radical (unpaired) electrons. The number of rotatable bonds is 0. The molecule has 0 saturated carbocycles. The molecule has 1 unspecified atom stereocenters. The highest BCUT2D eigenvalue weighted by molar-refractivity contribution is 5.74. The molecule has 51 valence electrons. The molecule has 3 heteroatoms. The van der Waals surface area contributed by atoms with Crippen molar-refractivity contribution in [1.29, 1.82) is 0 Å². The molecule has 0 aliphatic carbocycles. The molecule has 0 bridgehead atoms. The van der Waals surface area contributed by atoms with Gasteiger partial charge in [-0.15, -0.1) is 0 Å². The van der Waals surface area contributed by atoms with Crippen molar-refractivity contribution in [2.24, 2.45) is 4.99 Å². The molecule has 10 heavy (non-hydrogen) atoms. The maximum atomic E-state index is 5.30. The van der Waals surface area contributed by atoms with Crippen LogP contribution < -0.4 is 4.99 Å². The number of fused-ring (bicyclic) bond motifs is 1. The number of ether oxygens (including phenoxy) is 1. The Morgan fingerprint density at radius 2 is 2.70 bits per heavy atom. The van der Waals surface area contributed by atoms with Gasteiger partial charge in [-0.3, -0.25) is 4.99 Å². The van der Waals surface area contributed by atoms with Gasteiger partial charge in [-0.2, -0.15) is 0 Å². The van der Waals surface area contributed by atoms with Crippen LogP contribution in [-0.4, -0.2) is 31.6 Å². The third kappa shape index (κ3) is 0.835. The minimum atomic E-state index is 0.166. The third-order valence-corrected chi connectivity index (χ3v) is 1.56. The van der Waals surface area contributed by atoms with Crippen LogP contribution in [0.4, 0.5) is 0 Å². The summed E-state index contributed by atoms with van der Waals surface area (Å²) in [6, 6.07) is 0.166. The fourth-order valence-electron chi connectivity index (χ4n) is 1.06. The van der Waals surface area contributed by atoms with Gasteiger partial charge in [0.25, 0.3) is 6.04 Å². The second-order valence-electron chi connectivity index (χ2n) is 2.24. The number of aliphatic imine (C=N–C) groups is 2. The molecule has 0 aromatic carbocycles. The Balaban J connectivity index is 2.26. The maximum absolute atomic E-state index is 5.30.